The molecule has 0 bridgehead atoms. The first-order valence-corrected chi connectivity index (χ1v) is 10.1. The van der Waals surface area contributed by atoms with Gasteiger partial charge in [0, 0.05) is 71.1 Å². The zero-order valence-electron chi connectivity index (χ0n) is 15.8. The van der Waals surface area contributed by atoms with Crippen molar-refractivity contribution in [1.82, 2.24) is 14.7 Å². The fraction of sp³-hybridized carbons (Fsp3) is 0.947. The van der Waals surface area contributed by atoms with Crippen LogP contribution in [0.5, 0.6) is 0 Å². The lowest BCUT2D eigenvalue weighted by molar-refractivity contribution is -0.143. The molecule has 6 nitrogen and oxygen atoms in total. The number of likely N-dealkylation sites (N-methyl/N-ethyl adjacent to an activating group) is 1. The third kappa shape index (κ3) is 5.64. The van der Waals surface area contributed by atoms with E-state index in [-0.39, 0.29) is 5.92 Å². The van der Waals surface area contributed by atoms with E-state index in [9.17, 15) is 4.79 Å². The molecule has 0 unspecified atom stereocenters. The molecular weight excluding hydrogens is 318 g/mol. The first-order valence-electron chi connectivity index (χ1n) is 10.1. The number of carbonyl (C=O) groups is 1. The first kappa shape index (κ1) is 19.1. The van der Waals surface area contributed by atoms with Gasteiger partial charge in [0.2, 0.25) is 5.91 Å². The van der Waals surface area contributed by atoms with E-state index in [1.807, 2.05) is 0 Å². The Morgan fingerprint density at radius 1 is 0.960 bits per heavy atom. The summed E-state index contributed by atoms with van der Waals surface area (Å²) in [5, 5.41) is 0. The molecule has 0 saturated carbocycles. The van der Waals surface area contributed by atoms with Crippen molar-refractivity contribution in [3.63, 3.8) is 0 Å². The smallest absolute Gasteiger partial charge is 0.226 e. The van der Waals surface area contributed by atoms with Gasteiger partial charge in [0.1, 0.15) is 0 Å². The Kier molecular flexibility index (Phi) is 7.52. The molecule has 3 saturated heterocycles. The number of rotatable bonds is 6. The Labute approximate surface area is 152 Å². The molecule has 3 aliphatic heterocycles. The quantitative estimate of drug-likeness (QED) is 0.714. The average molecular weight is 354 g/mol. The lowest BCUT2D eigenvalue weighted by Crippen LogP contribution is -2.49. The number of hydrogen-bond acceptors (Lipinski definition) is 5. The van der Waals surface area contributed by atoms with E-state index in [1.54, 1.807) is 0 Å². The van der Waals surface area contributed by atoms with E-state index in [0.29, 0.717) is 11.9 Å². The average Bonchev–Trinajstić information content (AvgIpc) is 2.67. The zero-order chi connectivity index (χ0) is 17.5. The van der Waals surface area contributed by atoms with Crippen molar-refractivity contribution in [2.75, 3.05) is 72.7 Å². The Morgan fingerprint density at radius 3 is 2.20 bits per heavy atom. The van der Waals surface area contributed by atoms with Gasteiger partial charge < -0.3 is 24.2 Å². The van der Waals surface area contributed by atoms with Gasteiger partial charge >= 0.3 is 0 Å². The number of amides is 1. The summed E-state index contributed by atoms with van der Waals surface area (Å²) in [6.07, 6.45) is 4.83. The molecule has 3 rings (SSSR count). The molecule has 3 aliphatic rings. The Hall–Kier alpha value is -0.690. The highest BCUT2D eigenvalue weighted by Gasteiger charge is 2.31. The number of piperazine rings is 1. The lowest BCUT2D eigenvalue weighted by Gasteiger charge is -2.38. The number of carbonyl (C=O) groups excluding carboxylic acids is 1. The van der Waals surface area contributed by atoms with Crippen LogP contribution in [0, 0.1) is 5.92 Å². The Morgan fingerprint density at radius 2 is 1.56 bits per heavy atom. The summed E-state index contributed by atoms with van der Waals surface area (Å²) in [5.74, 6) is 0.536. The van der Waals surface area contributed by atoms with Crippen molar-refractivity contribution >= 4 is 5.91 Å². The van der Waals surface area contributed by atoms with Crippen LogP contribution in [0.15, 0.2) is 0 Å². The minimum Gasteiger partial charge on any atom is -0.381 e. The summed E-state index contributed by atoms with van der Waals surface area (Å²) in [7, 11) is 2.19. The molecule has 25 heavy (non-hydrogen) atoms. The maximum absolute atomic E-state index is 13.1. The summed E-state index contributed by atoms with van der Waals surface area (Å²) < 4.78 is 11.0. The van der Waals surface area contributed by atoms with Crippen molar-refractivity contribution in [2.45, 2.75) is 38.1 Å². The summed E-state index contributed by atoms with van der Waals surface area (Å²) in [4.78, 5) is 20.3. The van der Waals surface area contributed by atoms with Gasteiger partial charge in [-0.2, -0.15) is 0 Å². The van der Waals surface area contributed by atoms with Crippen LogP contribution < -0.4 is 0 Å². The van der Waals surface area contributed by atoms with Crippen LogP contribution >= 0.6 is 0 Å². The van der Waals surface area contributed by atoms with Crippen LogP contribution in [0.3, 0.4) is 0 Å². The summed E-state index contributed by atoms with van der Waals surface area (Å²) in [6, 6.07) is 0.372. The van der Waals surface area contributed by atoms with E-state index in [1.165, 1.54) is 0 Å². The second kappa shape index (κ2) is 9.86. The van der Waals surface area contributed by atoms with Gasteiger partial charge in [0.25, 0.3) is 0 Å². The third-order valence-electron chi connectivity index (χ3n) is 5.95. The van der Waals surface area contributed by atoms with Gasteiger partial charge in [-0.25, -0.2) is 0 Å². The molecule has 0 N–H and O–H groups in total. The van der Waals surface area contributed by atoms with Crippen molar-refractivity contribution < 1.29 is 14.3 Å². The van der Waals surface area contributed by atoms with Crippen LogP contribution in [0.25, 0.3) is 0 Å². The second-order valence-corrected chi connectivity index (χ2v) is 7.76. The molecule has 144 valence electrons. The minimum atomic E-state index is 0.167. The highest BCUT2D eigenvalue weighted by atomic mass is 16.5. The molecule has 1 amide bonds. The third-order valence-corrected chi connectivity index (χ3v) is 5.95. The Balaban J connectivity index is 1.51. The number of ether oxygens (including phenoxy) is 2. The SMILES string of the molecule is CN1CCN(CCCN(C(=O)C2CCOCC2)C2CCOCC2)CC1. The lowest BCUT2D eigenvalue weighted by atomic mass is 9.96. The van der Waals surface area contributed by atoms with E-state index in [2.05, 4.69) is 21.7 Å². The van der Waals surface area contributed by atoms with Crippen molar-refractivity contribution in [3.05, 3.63) is 0 Å². The molecule has 3 heterocycles. The monoisotopic (exact) mass is 353 g/mol. The first-order chi connectivity index (χ1) is 12.2. The molecule has 0 radical (unpaired) electrons. The predicted octanol–water partition coefficient (Wildman–Crippen LogP) is 1.06. The highest BCUT2D eigenvalue weighted by Crippen LogP contribution is 2.23. The van der Waals surface area contributed by atoms with Crippen molar-refractivity contribution in [1.29, 1.82) is 0 Å². The summed E-state index contributed by atoms with van der Waals surface area (Å²) >= 11 is 0. The zero-order valence-corrected chi connectivity index (χ0v) is 15.8. The fourth-order valence-electron chi connectivity index (χ4n) is 4.18. The van der Waals surface area contributed by atoms with Crippen LogP contribution in [0.2, 0.25) is 0 Å². The molecule has 0 spiro atoms. The minimum absolute atomic E-state index is 0.167. The molecule has 3 fully saturated rings. The van der Waals surface area contributed by atoms with Crippen molar-refractivity contribution in [3.8, 4) is 0 Å². The van der Waals surface area contributed by atoms with E-state index in [0.717, 1.165) is 97.8 Å². The topological polar surface area (TPSA) is 45.2 Å². The normalized spacial score (nSPS) is 25.2. The van der Waals surface area contributed by atoms with Gasteiger partial charge in [-0.1, -0.05) is 0 Å². The van der Waals surface area contributed by atoms with Gasteiger partial charge in [-0.15, -0.1) is 0 Å². The molecule has 6 heteroatoms. The highest BCUT2D eigenvalue weighted by molar-refractivity contribution is 5.79. The van der Waals surface area contributed by atoms with Gasteiger partial charge in [-0.3, -0.25) is 4.79 Å². The molecule has 0 aromatic carbocycles. The fourth-order valence-corrected chi connectivity index (χ4v) is 4.18. The molecule has 0 aromatic rings. The van der Waals surface area contributed by atoms with Gasteiger partial charge in [0.15, 0.2) is 0 Å². The maximum Gasteiger partial charge on any atom is 0.226 e. The van der Waals surface area contributed by atoms with Crippen LogP contribution in [-0.4, -0.2) is 99.4 Å². The molecule has 0 aliphatic carbocycles. The largest absolute Gasteiger partial charge is 0.381 e. The van der Waals surface area contributed by atoms with E-state index >= 15 is 0 Å². The molecule has 0 aromatic heterocycles. The maximum atomic E-state index is 13.1. The van der Waals surface area contributed by atoms with Crippen LogP contribution in [0.1, 0.15) is 32.1 Å². The molecular formula is C19H35N3O3. The van der Waals surface area contributed by atoms with E-state index in [4.69, 9.17) is 9.47 Å². The standard InChI is InChI=1S/C19H35N3O3/c1-20-9-11-21(12-10-20)7-2-8-22(18-5-15-25-16-6-18)19(23)17-3-13-24-14-4-17/h17-18H,2-16H2,1H3. The summed E-state index contributed by atoms with van der Waals surface area (Å²) in [5.41, 5.74) is 0. The summed E-state index contributed by atoms with van der Waals surface area (Å²) in [6.45, 7) is 9.68. The van der Waals surface area contributed by atoms with Gasteiger partial charge in [0.05, 0.1) is 0 Å². The van der Waals surface area contributed by atoms with Crippen LogP contribution in [-0.2, 0) is 14.3 Å². The van der Waals surface area contributed by atoms with E-state index < -0.39 is 0 Å². The number of hydrogen-bond donors (Lipinski definition) is 0. The van der Waals surface area contributed by atoms with Crippen LogP contribution in [0.4, 0.5) is 0 Å². The second-order valence-electron chi connectivity index (χ2n) is 7.76. The Bertz CT molecular complexity index is 401. The number of nitrogens with zero attached hydrogens (tertiary/aromatic N) is 3. The predicted molar refractivity (Wildman–Crippen MR) is 97.7 cm³/mol. The van der Waals surface area contributed by atoms with Crippen molar-refractivity contribution in [2.24, 2.45) is 5.92 Å². The molecule has 0 atom stereocenters. The van der Waals surface area contributed by atoms with Gasteiger partial charge in [-0.05, 0) is 45.7 Å².